The van der Waals surface area contributed by atoms with E-state index >= 15 is 0 Å². The number of hydrogen-bond donors (Lipinski definition) is 2. The second-order valence-corrected chi connectivity index (χ2v) is 6.49. The first-order valence-electron chi connectivity index (χ1n) is 7.85. The molecule has 0 fully saturated rings. The molecule has 2 aromatic carbocycles. The van der Waals surface area contributed by atoms with Crippen molar-refractivity contribution in [1.29, 1.82) is 0 Å². The number of carbonyl (C=O) groups excluding carboxylic acids is 1. The molecule has 4 rings (SSSR count). The molecular weight excluding hydrogens is 308 g/mol. The number of aromatic nitrogens is 1. The molecule has 3 nitrogen and oxygen atoms in total. The van der Waals surface area contributed by atoms with Gasteiger partial charge in [-0.25, -0.2) is 0 Å². The second-order valence-electron chi connectivity index (χ2n) is 6.05. The third kappa shape index (κ3) is 2.73. The van der Waals surface area contributed by atoms with E-state index in [0.717, 1.165) is 29.8 Å². The van der Waals surface area contributed by atoms with Gasteiger partial charge in [0.05, 0.1) is 0 Å². The molecule has 116 valence electrons. The van der Waals surface area contributed by atoms with E-state index in [0.29, 0.717) is 5.56 Å². The number of rotatable bonds is 2. The van der Waals surface area contributed by atoms with Gasteiger partial charge < -0.3 is 10.3 Å². The van der Waals surface area contributed by atoms with Crippen LogP contribution >= 0.6 is 11.6 Å². The minimum absolute atomic E-state index is 0.00285. The Balaban J connectivity index is 1.57. The van der Waals surface area contributed by atoms with Crippen molar-refractivity contribution < 1.29 is 4.79 Å². The normalized spacial score (nSPS) is 17.0. The molecule has 0 radical (unpaired) electrons. The minimum atomic E-state index is -0.00285. The van der Waals surface area contributed by atoms with Crippen molar-refractivity contribution in [3.8, 4) is 0 Å². The average Bonchev–Trinajstić information content (AvgIpc) is 2.93. The molecule has 1 aliphatic rings. The maximum atomic E-state index is 12.3. The van der Waals surface area contributed by atoms with Gasteiger partial charge in [-0.3, -0.25) is 4.79 Å². The predicted molar refractivity (Wildman–Crippen MR) is 93.0 cm³/mol. The highest BCUT2D eigenvalue weighted by molar-refractivity contribution is 6.31. The fraction of sp³-hybridized carbons (Fsp3) is 0.211. The van der Waals surface area contributed by atoms with Gasteiger partial charge >= 0.3 is 0 Å². The summed E-state index contributed by atoms with van der Waals surface area (Å²) in [6.45, 7) is 0. The molecule has 4 heteroatoms. The average molecular weight is 325 g/mol. The number of aryl methyl sites for hydroxylation is 1. The summed E-state index contributed by atoms with van der Waals surface area (Å²) in [4.78, 5) is 15.8. The van der Waals surface area contributed by atoms with Crippen molar-refractivity contribution in [1.82, 2.24) is 10.3 Å². The van der Waals surface area contributed by atoms with Crippen LogP contribution in [-0.4, -0.2) is 16.9 Å². The van der Waals surface area contributed by atoms with Crippen LogP contribution < -0.4 is 5.32 Å². The lowest BCUT2D eigenvalue weighted by atomic mass is 9.91. The van der Waals surface area contributed by atoms with E-state index in [4.69, 9.17) is 11.6 Å². The Kier molecular flexibility index (Phi) is 3.58. The number of nitrogens with one attached hydrogen (secondary N) is 2. The standard InChI is InChI=1S/C19H17ClN2O/c20-13-6-8-17-15(10-13)16-11-14(7-9-18(16)22-17)21-19(23)12-4-2-1-3-5-12/h1-6,8,10,14,22H,7,9,11H2,(H,21,23). The molecular formula is C19H17ClN2O. The molecule has 0 spiro atoms. The van der Waals surface area contributed by atoms with E-state index in [2.05, 4.69) is 10.3 Å². The van der Waals surface area contributed by atoms with E-state index in [1.165, 1.54) is 16.6 Å². The molecule has 1 unspecified atom stereocenters. The monoisotopic (exact) mass is 324 g/mol. The lowest BCUT2D eigenvalue weighted by molar-refractivity contribution is 0.0933. The number of halogens is 1. The highest BCUT2D eigenvalue weighted by Crippen LogP contribution is 2.31. The fourth-order valence-corrected chi connectivity index (χ4v) is 3.54. The number of aromatic amines is 1. The van der Waals surface area contributed by atoms with Gasteiger partial charge in [0.1, 0.15) is 0 Å². The molecule has 1 atom stereocenters. The van der Waals surface area contributed by atoms with Crippen LogP contribution in [-0.2, 0) is 12.8 Å². The predicted octanol–water partition coefficient (Wildman–Crippen LogP) is 4.11. The summed E-state index contributed by atoms with van der Waals surface area (Å²) in [7, 11) is 0. The SMILES string of the molecule is O=C(NC1CCc2[nH]c3ccc(Cl)cc3c2C1)c1ccccc1. The van der Waals surface area contributed by atoms with Gasteiger partial charge in [0.25, 0.3) is 5.91 Å². The van der Waals surface area contributed by atoms with Crippen molar-refractivity contribution in [2.75, 3.05) is 0 Å². The van der Waals surface area contributed by atoms with Crippen molar-refractivity contribution in [2.45, 2.75) is 25.3 Å². The van der Waals surface area contributed by atoms with Crippen LogP contribution in [0.1, 0.15) is 28.0 Å². The molecule has 1 aliphatic carbocycles. The number of hydrogen-bond acceptors (Lipinski definition) is 1. The minimum Gasteiger partial charge on any atom is -0.358 e. The molecule has 1 aromatic heterocycles. The van der Waals surface area contributed by atoms with Crippen molar-refractivity contribution >= 4 is 28.4 Å². The Hall–Kier alpha value is -2.26. The van der Waals surface area contributed by atoms with Crippen LogP contribution in [0.3, 0.4) is 0 Å². The van der Waals surface area contributed by atoms with Crippen LogP contribution in [0.15, 0.2) is 48.5 Å². The number of amides is 1. The first kappa shape index (κ1) is 14.3. The largest absolute Gasteiger partial charge is 0.358 e. The summed E-state index contributed by atoms with van der Waals surface area (Å²) in [5.41, 5.74) is 4.38. The smallest absolute Gasteiger partial charge is 0.251 e. The van der Waals surface area contributed by atoms with Gasteiger partial charge in [-0.05, 0) is 55.2 Å². The topological polar surface area (TPSA) is 44.9 Å². The maximum Gasteiger partial charge on any atom is 0.251 e. The lowest BCUT2D eigenvalue weighted by Crippen LogP contribution is -2.38. The first-order valence-corrected chi connectivity index (χ1v) is 8.23. The van der Waals surface area contributed by atoms with Crippen LogP contribution in [0.5, 0.6) is 0 Å². The third-order valence-corrected chi connectivity index (χ3v) is 4.76. The molecule has 1 amide bonds. The zero-order valence-corrected chi connectivity index (χ0v) is 13.4. The summed E-state index contributed by atoms with van der Waals surface area (Å²) in [6.07, 6.45) is 2.74. The van der Waals surface area contributed by atoms with Gasteiger partial charge in [-0.15, -0.1) is 0 Å². The third-order valence-electron chi connectivity index (χ3n) is 4.52. The second kappa shape index (κ2) is 5.74. The molecule has 0 saturated heterocycles. The Morgan fingerprint density at radius 1 is 1.17 bits per heavy atom. The summed E-state index contributed by atoms with van der Waals surface area (Å²) in [6, 6.07) is 15.5. The Morgan fingerprint density at radius 2 is 2.00 bits per heavy atom. The Bertz CT molecular complexity index is 870. The quantitative estimate of drug-likeness (QED) is 0.732. The highest BCUT2D eigenvalue weighted by Gasteiger charge is 2.24. The van der Waals surface area contributed by atoms with Gasteiger partial charge in [-0.2, -0.15) is 0 Å². The number of H-pyrrole nitrogens is 1. The van der Waals surface area contributed by atoms with E-state index in [1.807, 2.05) is 48.5 Å². The summed E-state index contributed by atoms with van der Waals surface area (Å²) in [5, 5.41) is 5.08. The molecule has 2 N–H and O–H groups in total. The first-order chi connectivity index (χ1) is 11.2. The van der Waals surface area contributed by atoms with E-state index in [1.54, 1.807) is 0 Å². The maximum absolute atomic E-state index is 12.3. The zero-order valence-electron chi connectivity index (χ0n) is 12.6. The molecule has 0 bridgehead atoms. The van der Waals surface area contributed by atoms with Crippen LogP contribution in [0.25, 0.3) is 10.9 Å². The van der Waals surface area contributed by atoms with Crippen LogP contribution in [0.2, 0.25) is 5.02 Å². The Morgan fingerprint density at radius 3 is 2.83 bits per heavy atom. The van der Waals surface area contributed by atoms with Crippen molar-refractivity contribution in [3.05, 3.63) is 70.4 Å². The van der Waals surface area contributed by atoms with Gasteiger partial charge in [0.15, 0.2) is 0 Å². The number of fused-ring (bicyclic) bond motifs is 3. The fourth-order valence-electron chi connectivity index (χ4n) is 3.37. The van der Waals surface area contributed by atoms with Crippen molar-refractivity contribution in [3.63, 3.8) is 0 Å². The molecule has 0 saturated carbocycles. The van der Waals surface area contributed by atoms with Crippen LogP contribution in [0, 0.1) is 0 Å². The summed E-state index contributed by atoms with van der Waals surface area (Å²) in [5.74, 6) is -0.00285. The van der Waals surface area contributed by atoms with E-state index in [-0.39, 0.29) is 11.9 Å². The molecule has 3 aromatic rings. The highest BCUT2D eigenvalue weighted by atomic mass is 35.5. The lowest BCUT2D eigenvalue weighted by Gasteiger charge is -2.23. The van der Waals surface area contributed by atoms with E-state index < -0.39 is 0 Å². The molecule has 0 aliphatic heterocycles. The van der Waals surface area contributed by atoms with E-state index in [9.17, 15) is 4.79 Å². The zero-order chi connectivity index (χ0) is 15.8. The van der Waals surface area contributed by atoms with Gasteiger partial charge in [-0.1, -0.05) is 29.8 Å². The summed E-state index contributed by atoms with van der Waals surface area (Å²) < 4.78 is 0. The molecule has 1 heterocycles. The number of benzene rings is 2. The molecule has 23 heavy (non-hydrogen) atoms. The van der Waals surface area contributed by atoms with Crippen molar-refractivity contribution in [2.24, 2.45) is 0 Å². The number of carbonyl (C=O) groups is 1. The summed E-state index contributed by atoms with van der Waals surface area (Å²) >= 11 is 6.14. The Labute approximate surface area is 139 Å². The van der Waals surface area contributed by atoms with Gasteiger partial charge in [0, 0.05) is 33.2 Å². The van der Waals surface area contributed by atoms with Gasteiger partial charge in [0.2, 0.25) is 0 Å². The van der Waals surface area contributed by atoms with Crippen LogP contribution in [0.4, 0.5) is 0 Å².